The van der Waals surface area contributed by atoms with Gasteiger partial charge in [-0.15, -0.1) is 0 Å². The molecule has 1 fully saturated rings. The Morgan fingerprint density at radius 1 is 1.00 bits per heavy atom. The molecule has 1 aromatic heterocycles. The molecule has 0 spiro atoms. The number of hydrogen-bond donors (Lipinski definition) is 0. The van der Waals surface area contributed by atoms with Crippen LogP contribution in [0.15, 0.2) is 36.7 Å². The maximum Gasteiger partial charge on any atom is 0.260 e. The van der Waals surface area contributed by atoms with E-state index in [2.05, 4.69) is 14.9 Å². The van der Waals surface area contributed by atoms with Gasteiger partial charge >= 0.3 is 0 Å². The molecule has 0 bridgehead atoms. The van der Waals surface area contributed by atoms with Gasteiger partial charge in [0.2, 0.25) is 11.7 Å². The van der Waals surface area contributed by atoms with Gasteiger partial charge in [0, 0.05) is 38.6 Å². The monoisotopic (exact) mass is 358 g/mol. The van der Waals surface area contributed by atoms with Crippen molar-refractivity contribution in [2.24, 2.45) is 0 Å². The number of methoxy groups -OCH3 is 2. The molecule has 0 unspecified atom stereocenters. The summed E-state index contributed by atoms with van der Waals surface area (Å²) < 4.78 is 16.2. The smallest absolute Gasteiger partial charge is 0.260 e. The van der Waals surface area contributed by atoms with E-state index < -0.39 is 0 Å². The Labute approximate surface area is 152 Å². The molecule has 26 heavy (non-hydrogen) atoms. The molecule has 0 saturated carbocycles. The molecule has 8 heteroatoms. The van der Waals surface area contributed by atoms with Gasteiger partial charge in [0.25, 0.3) is 5.91 Å². The number of ether oxygens (including phenoxy) is 3. The summed E-state index contributed by atoms with van der Waals surface area (Å²) in [5, 5.41) is 0. The molecule has 3 rings (SSSR count). The van der Waals surface area contributed by atoms with Crippen LogP contribution in [0.5, 0.6) is 17.2 Å². The van der Waals surface area contributed by atoms with E-state index in [0.29, 0.717) is 49.4 Å². The van der Waals surface area contributed by atoms with Crippen molar-refractivity contribution in [3.63, 3.8) is 0 Å². The molecule has 8 nitrogen and oxygen atoms in total. The second kappa shape index (κ2) is 8.37. The highest BCUT2D eigenvalue weighted by Gasteiger charge is 2.23. The molecule has 0 atom stereocenters. The van der Waals surface area contributed by atoms with E-state index in [1.807, 2.05) is 0 Å². The summed E-state index contributed by atoms with van der Waals surface area (Å²) in [6.07, 6.45) is 3.43. The van der Waals surface area contributed by atoms with Crippen molar-refractivity contribution in [1.29, 1.82) is 0 Å². The van der Waals surface area contributed by atoms with Gasteiger partial charge < -0.3 is 24.0 Å². The van der Waals surface area contributed by atoms with Gasteiger partial charge in [-0.25, -0.2) is 9.97 Å². The van der Waals surface area contributed by atoms with Crippen LogP contribution in [-0.2, 0) is 4.79 Å². The number of aromatic nitrogens is 2. The molecule has 1 aliphatic heterocycles. The van der Waals surface area contributed by atoms with Crippen molar-refractivity contribution in [2.45, 2.75) is 0 Å². The van der Waals surface area contributed by atoms with Crippen LogP contribution in [0.1, 0.15) is 0 Å². The van der Waals surface area contributed by atoms with Gasteiger partial charge in [0.1, 0.15) is 0 Å². The van der Waals surface area contributed by atoms with Crippen LogP contribution in [0, 0.1) is 0 Å². The Bertz CT molecular complexity index is 733. The van der Waals surface area contributed by atoms with Crippen LogP contribution >= 0.6 is 0 Å². The molecule has 0 aliphatic carbocycles. The van der Waals surface area contributed by atoms with E-state index in [-0.39, 0.29) is 12.5 Å². The topological polar surface area (TPSA) is 77.0 Å². The number of hydrogen-bond acceptors (Lipinski definition) is 7. The number of piperazine rings is 1. The summed E-state index contributed by atoms with van der Waals surface area (Å²) in [5.41, 5.74) is 0. The van der Waals surface area contributed by atoms with Gasteiger partial charge in [0.15, 0.2) is 18.1 Å². The minimum atomic E-state index is -0.0662. The van der Waals surface area contributed by atoms with Gasteiger partial charge in [-0.3, -0.25) is 4.79 Å². The van der Waals surface area contributed by atoms with Gasteiger partial charge in [-0.2, -0.15) is 0 Å². The highest BCUT2D eigenvalue weighted by molar-refractivity contribution is 5.78. The molecule has 0 N–H and O–H groups in total. The van der Waals surface area contributed by atoms with E-state index in [0.717, 1.165) is 0 Å². The first kappa shape index (κ1) is 17.8. The maximum atomic E-state index is 12.4. The zero-order chi connectivity index (χ0) is 18.4. The molecular weight excluding hydrogens is 336 g/mol. The van der Waals surface area contributed by atoms with Crippen molar-refractivity contribution >= 4 is 11.9 Å². The SMILES string of the molecule is COc1cccc(OCC(=O)N2CCN(c3ncccn3)CC2)c1OC. The Kier molecular flexibility index (Phi) is 5.73. The number of carbonyl (C=O) groups is 1. The molecule has 2 heterocycles. The number of amides is 1. The molecular formula is C18H22N4O4. The normalized spacial score (nSPS) is 14.1. The van der Waals surface area contributed by atoms with Crippen molar-refractivity contribution in [3.05, 3.63) is 36.7 Å². The lowest BCUT2D eigenvalue weighted by Crippen LogP contribution is -2.50. The quantitative estimate of drug-likeness (QED) is 0.768. The van der Waals surface area contributed by atoms with Crippen molar-refractivity contribution < 1.29 is 19.0 Å². The molecule has 1 amide bonds. The molecule has 1 aromatic carbocycles. The average molecular weight is 358 g/mol. The lowest BCUT2D eigenvalue weighted by molar-refractivity contribution is -0.133. The summed E-state index contributed by atoms with van der Waals surface area (Å²) in [7, 11) is 3.10. The Balaban J connectivity index is 1.54. The second-order valence-electron chi connectivity index (χ2n) is 5.70. The van der Waals surface area contributed by atoms with Crippen LogP contribution < -0.4 is 19.1 Å². The van der Waals surface area contributed by atoms with Crippen LogP contribution in [0.25, 0.3) is 0 Å². The third kappa shape index (κ3) is 3.96. The number of para-hydroxylation sites is 1. The van der Waals surface area contributed by atoms with Crippen LogP contribution in [0.3, 0.4) is 0 Å². The minimum absolute atomic E-state index is 0.0502. The first-order valence-electron chi connectivity index (χ1n) is 8.36. The summed E-state index contributed by atoms with van der Waals surface area (Å²) >= 11 is 0. The fourth-order valence-electron chi connectivity index (χ4n) is 2.81. The van der Waals surface area contributed by atoms with E-state index in [9.17, 15) is 4.79 Å². The molecule has 1 aliphatic rings. The lowest BCUT2D eigenvalue weighted by atomic mass is 10.3. The zero-order valence-electron chi connectivity index (χ0n) is 14.9. The summed E-state index contributed by atoms with van der Waals surface area (Å²) in [6, 6.07) is 7.10. The fourth-order valence-corrected chi connectivity index (χ4v) is 2.81. The number of rotatable bonds is 6. The Morgan fingerprint density at radius 2 is 1.69 bits per heavy atom. The first-order chi connectivity index (χ1) is 12.7. The van der Waals surface area contributed by atoms with Crippen LogP contribution in [0.2, 0.25) is 0 Å². The molecule has 2 aromatic rings. The van der Waals surface area contributed by atoms with Crippen LogP contribution in [0.4, 0.5) is 5.95 Å². The predicted octanol–water partition coefficient (Wildman–Crippen LogP) is 1.22. The van der Waals surface area contributed by atoms with Crippen molar-refractivity contribution in [2.75, 3.05) is 51.9 Å². The number of benzene rings is 1. The highest BCUT2D eigenvalue weighted by atomic mass is 16.5. The Morgan fingerprint density at radius 3 is 2.35 bits per heavy atom. The Hall–Kier alpha value is -3.03. The third-order valence-electron chi connectivity index (χ3n) is 4.19. The zero-order valence-corrected chi connectivity index (χ0v) is 14.9. The summed E-state index contributed by atoms with van der Waals surface area (Å²) in [4.78, 5) is 24.8. The standard InChI is InChI=1S/C18H22N4O4/c1-24-14-5-3-6-15(17(14)25-2)26-13-16(23)21-9-11-22(12-10-21)18-19-7-4-8-20-18/h3-8H,9-13H2,1-2H3. The number of anilines is 1. The predicted molar refractivity (Wildman–Crippen MR) is 95.9 cm³/mol. The van der Waals surface area contributed by atoms with E-state index in [1.54, 1.807) is 48.7 Å². The van der Waals surface area contributed by atoms with Crippen molar-refractivity contribution in [3.8, 4) is 17.2 Å². The minimum Gasteiger partial charge on any atom is -0.493 e. The van der Waals surface area contributed by atoms with Crippen molar-refractivity contribution in [1.82, 2.24) is 14.9 Å². The summed E-state index contributed by atoms with van der Waals surface area (Å²) in [6.45, 7) is 2.55. The maximum absolute atomic E-state index is 12.4. The second-order valence-corrected chi connectivity index (χ2v) is 5.70. The van der Waals surface area contributed by atoms with Gasteiger partial charge in [-0.05, 0) is 18.2 Å². The van der Waals surface area contributed by atoms with E-state index >= 15 is 0 Å². The van der Waals surface area contributed by atoms with E-state index in [4.69, 9.17) is 14.2 Å². The van der Waals surface area contributed by atoms with E-state index in [1.165, 1.54) is 7.11 Å². The molecule has 0 radical (unpaired) electrons. The first-order valence-corrected chi connectivity index (χ1v) is 8.36. The number of carbonyl (C=O) groups excluding carboxylic acids is 1. The van der Waals surface area contributed by atoms with Gasteiger partial charge in [0.05, 0.1) is 14.2 Å². The lowest BCUT2D eigenvalue weighted by Gasteiger charge is -2.34. The molecule has 1 saturated heterocycles. The molecule has 138 valence electrons. The fraction of sp³-hybridized carbons (Fsp3) is 0.389. The van der Waals surface area contributed by atoms with Gasteiger partial charge in [-0.1, -0.05) is 6.07 Å². The summed E-state index contributed by atoms with van der Waals surface area (Å²) in [5.74, 6) is 2.15. The number of nitrogens with zero attached hydrogens (tertiary/aromatic N) is 4. The van der Waals surface area contributed by atoms with Crippen LogP contribution in [-0.4, -0.2) is 67.8 Å². The average Bonchev–Trinajstić information content (AvgIpc) is 2.72. The highest BCUT2D eigenvalue weighted by Crippen LogP contribution is 2.36. The largest absolute Gasteiger partial charge is 0.493 e. The third-order valence-corrected chi connectivity index (χ3v) is 4.19.